The molecule has 0 spiro atoms. The number of carbonyl (C=O) groups is 1. The Kier molecular flexibility index (Phi) is 3.48. The van der Waals surface area contributed by atoms with Gasteiger partial charge in [0.1, 0.15) is 0 Å². The van der Waals surface area contributed by atoms with Crippen molar-refractivity contribution in [2.24, 2.45) is 17.6 Å². The molecule has 0 radical (unpaired) electrons. The standard InChI is InChI=1S/C14H17N3OS/c15-8-9-4-3-5-10(9)13(18)17-14-16-11-6-1-2-7-12(11)19-14/h1-2,6-7,9-10H,3-5,8,15H2,(H,16,17,18). The van der Waals surface area contributed by atoms with Crippen molar-refractivity contribution in [1.29, 1.82) is 0 Å². The van der Waals surface area contributed by atoms with Crippen molar-refractivity contribution < 1.29 is 4.79 Å². The molecule has 100 valence electrons. The molecule has 1 heterocycles. The van der Waals surface area contributed by atoms with Crippen LogP contribution in [0.5, 0.6) is 0 Å². The molecule has 2 aromatic rings. The number of aromatic nitrogens is 1. The highest BCUT2D eigenvalue weighted by Crippen LogP contribution is 2.33. The summed E-state index contributed by atoms with van der Waals surface area (Å²) >= 11 is 1.52. The molecule has 3 N–H and O–H groups in total. The predicted molar refractivity (Wildman–Crippen MR) is 78.1 cm³/mol. The van der Waals surface area contributed by atoms with Gasteiger partial charge in [0.25, 0.3) is 0 Å². The molecule has 0 aliphatic heterocycles. The van der Waals surface area contributed by atoms with Gasteiger partial charge in [-0.2, -0.15) is 0 Å². The average Bonchev–Trinajstić information content (AvgIpc) is 3.03. The van der Waals surface area contributed by atoms with Crippen LogP contribution in [0.3, 0.4) is 0 Å². The number of hydrogen-bond acceptors (Lipinski definition) is 4. The highest BCUT2D eigenvalue weighted by Gasteiger charge is 2.32. The molecule has 5 heteroatoms. The maximum atomic E-state index is 12.3. The molecule has 1 aromatic heterocycles. The SMILES string of the molecule is NCC1CCCC1C(=O)Nc1nc2ccccc2s1. The van der Waals surface area contributed by atoms with Crippen LogP contribution in [0, 0.1) is 11.8 Å². The van der Waals surface area contributed by atoms with E-state index in [4.69, 9.17) is 5.73 Å². The molecule has 19 heavy (non-hydrogen) atoms. The number of hydrogen-bond donors (Lipinski definition) is 2. The molecule has 1 amide bonds. The number of anilines is 1. The highest BCUT2D eigenvalue weighted by atomic mass is 32.1. The van der Waals surface area contributed by atoms with Crippen molar-refractivity contribution >= 4 is 32.6 Å². The molecule has 0 bridgehead atoms. The molecule has 1 fully saturated rings. The Morgan fingerprint density at radius 2 is 2.26 bits per heavy atom. The molecule has 2 unspecified atom stereocenters. The van der Waals surface area contributed by atoms with Crippen molar-refractivity contribution in [1.82, 2.24) is 4.98 Å². The Balaban J connectivity index is 1.75. The minimum Gasteiger partial charge on any atom is -0.330 e. The first-order valence-electron chi connectivity index (χ1n) is 6.64. The second kappa shape index (κ2) is 5.27. The third-order valence-electron chi connectivity index (χ3n) is 3.82. The van der Waals surface area contributed by atoms with Gasteiger partial charge in [-0.15, -0.1) is 0 Å². The summed E-state index contributed by atoms with van der Waals surface area (Å²) in [6, 6.07) is 7.91. The Morgan fingerprint density at radius 1 is 1.42 bits per heavy atom. The van der Waals surface area contributed by atoms with Gasteiger partial charge in [-0.25, -0.2) is 4.98 Å². The number of carbonyl (C=O) groups excluding carboxylic acids is 1. The Morgan fingerprint density at radius 3 is 3.05 bits per heavy atom. The maximum Gasteiger partial charge on any atom is 0.229 e. The van der Waals surface area contributed by atoms with E-state index in [0.717, 1.165) is 29.5 Å². The Hall–Kier alpha value is -1.46. The zero-order chi connectivity index (χ0) is 13.2. The lowest BCUT2D eigenvalue weighted by Crippen LogP contribution is -2.29. The van der Waals surface area contributed by atoms with Crippen molar-refractivity contribution in [3.63, 3.8) is 0 Å². The summed E-state index contributed by atoms with van der Waals surface area (Å²) in [4.78, 5) is 16.7. The number of nitrogens with one attached hydrogen (secondary N) is 1. The zero-order valence-corrected chi connectivity index (χ0v) is 11.5. The third-order valence-corrected chi connectivity index (χ3v) is 4.77. The summed E-state index contributed by atoms with van der Waals surface area (Å²) in [5.41, 5.74) is 6.66. The van der Waals surface area contributed by atoms with Gasteiger partial charge < -0.3 is 11.1 Å². The fourth-order valence-electron chi connectivity index (χ4n) is 2.79. The molecular formula is C14H17N3OS. The van der Waals surface area contributed by atoms with Crippen LogP contribution in [-0.4, -0.2) is 17.4 Å². The quantitative estimate of drug-likeness (QED) is 0.904. The smallest absolute Gasteiger partial charge is 0.229 e. The van der Waals surface area contributed by atoms with Gasteiger partial charge in [0.2, 0.25) is 5.91 Å². The lowest BCUT2D eigenvalue weighted by atomic mass is 9.95. The lowest BCUT2D eigenvalue weighted by Gasteiger charge is -2.16. The molecule has 1 aliphatic rings. The number of nitrogens with two attached hydrogens (primary N) is 1. The summed E-state index contributed by atoms with van der Waals surface area (Å²) in [6.07, 6.45) is 3.10. The van der Waals surface area contributed by atoms with Crippen LogP contribution in [0.2, 0.25) is 0 Å². The van der Waals surface area contributed by atoms with E-state index in [1.165, 1.54) is 11.3 Å². The number of amides is 1. The van der Waals surface area contributed by atoms with E-state index in [0.29, 0.717) is 17.6 Å². The van der Waals surface area contributed by atoms with E-state index in [9.17, 15) is 4.79 Å². The van der Waals surface area contributed by atoms with Gasteiger partial charge in [-0.05, 0) is 37.4 Å². The summed E-state index contributed by atoms with van der Waals surface area (Å²) in [5, 5.41) is 3.64. The minimum atomic E-state index is 0.0528. The maximum absolute atomic E-state index is 12.3. The molecular weight excluding hydrogens is 258 g/mol. The lowest BCUT2D eigenvalue weighted by molar-refractivity contribution is -0.120. The highest BCUT2D eigenvalue weighted by molar-refractivity contribution is 7.22. The van der Waals surface area contributed by atoms with E-state index in [1.54, 1.807) is 0 Å². The van der Waals surface area contributed by atoms with Gasteiger partial charge >= 0.3 is 0 Å². The molecule has 1 aromatic carbocycles. The van der Waals surface area contributed by atoms with Crippen molar-refractivity contribution in [2.75, 3.05) is 11.9 Å². The number of para-hydroxylation sites is 1. The molecule has 4 nitrogen and oxygen atoms in total. The Labute approximate surface area is 116 Å². The number of thiazole rings is 1. The van der Waals surface area contributed by atoms with Gasteiger partial charge in [-0.1, -0.05) is 29.9 Å². The number of fused-ring (bicyclic) bond motifs is 1. The van der Waals surface area contributed by atoms with E-state index >= 15 is 0 Å². The second-order valence-corrected chi connectivity index (χ2v) is 6.04. The van der Waals surface area contributed by atoms with Crippen LogP contribution >= 0.6 is 11.3 Å². The summed E-state index contributed by atoms with van der Waals surface area (Å²) in [7, 11) is 0. The normalized spacial score (nSPS) is 22.8. The largest absolute Gasteiger partial charge is 0.330 e. The average molecular weight is 275 g/mol. The van der Waals surface area contributed by atoms with Gasteiger partial charge in [0.05, 0.1) is 10.2 Å². The van der Waals surface area contributed by atoms with Crippen molar-refractivity contribution in [3.05, 3.63) is 24.3 Å². The van der Waals surface area contributed by atoms with Gasteiger partial charge in [0.15, 0.2) is 5.13 Å². The number of benzene rings is 1. The molecule has 1 saturated carbocycles. The second-order valence-electron chi connectivity index (χ2n) is 5.01. The molecule has 2 atom stereocenters. The molecule has 0 saturated heterocycles. The van der Waals surface area contributed by atoms with E-state index in [2.05, 4.69) is 10.3 Å². The van der Waals surface area contributed by atoms with Crippen molar-refractivity contribution in [2.45, 2.75) is 19.3 Å². The van der Waals surface area contributed by atoms with Crippen LogP contribution in [0.1, 0.15) is 19.3 Å². The zero-order valence-electron chi connectivity index (χ0n) is 10.6. The van der Waals surface area contributed by atoms with Gasteiger partial charge in [0, 0.05) is 5.92 Å². The topological polar surface area (TPSA) is 68.0 Å². The van der Waals surface area contributed by atoms with Crippen LogP contribution < -0.4 is 11.1 Å². The third kappa shape index (κ3) is 2.48. The van der Waals surface area contributed by atoms with Crippen LogP contribution in [-0.2, 0) is 4.79 Å². The summed E-state index contributed by atoms with van der Waals surface area (Å²) in [6.45, 7) is 0.595. The first-order valence-corrected chi connectivity index (χ1v) is 7.46. The van der Waals surface area contributed by atoms with E-state index < -0.39 is 0 Å². The van der Waals surface area contributed by atoms with Gasteiger partial charge in [-0.3, -0.25) is 4.79 Å². The number of rotatable bonds is 3. The molecule has 1 aliphatic carbocycles. The Bertz CT molecular complexity index is 562. The molecule has 3 rings (SSSR count). The van der Waals surface area contributed by atoms with E-state index in [-0.39, 0.29) is 11.8 Å². The fourth-order valence-corrected chi connectivity index (χ4v) is 3.66. The van der Waals surface area contributed by atoms with Crippen LogP contribution in [0.15, 0.2) is 24.3 Å². The van der Waals surface area contributed by atoms with E-state index in [1.807, 2.05) is 24.3 Å². The predicted octanol–water partition coefficient (Wildman–Crippen LogP) is 2.61. The minimum absolute atomic E-state index is 0.0528. The number of nitrogens with zero attached hydrogens (tertiary/aromatic N) is 1. The van der Waals surface area contributed by atoms with Crippen molar-refractivity contribution in [3.8, 4) is 0 Å². The summed E-state index contributed by atoms with van der Waals surface area (Å²) in [5.74, 6) is 0.457. The first kappa shape index (κ1) is 12.6. The fraction of sp³-hybridized carbons (Fsp3) is 0.429. The first-order chi connectivity index (χ1) is 9.28. The van der Waals surface area contributed by atoms with Crippen LogP contribution in [0.4, 0.5) is 5.13 Å². The monoisotopic (exact) mass is 275 g/mol. The van der Waals surface area contributed by atoms with Crippen LogP contribution in [0.25, 0.3) is 10.2 Å². The summed E-state index contributed by atoms with van der Waals surface area (Å²) < 4.78 is 1.10.